The Morgan fingerprint density at radius 2 is 2.00 bits per heavy atom. The molecule has 0 spiro atoms. The van der Waals surface area contributed by atoms with Crippen molar-refractivity contribution in [3.05, 3.63) is 66.4 Å². The lowest BCUT2D eigenvalue weighted by Gasteiger charge is -2.26. The molecule has 1 amide bonds. The number of hydrogen-bond acceptors (Lipinski definition) is 5. The molecule has 7 heteroatoms. The zero-order chi connectivity index (χ0) is 17.8. The van der Waals surface area contributed by atoms with Crippen LogP contribution in [0.1, 0.15) is 28.9 Å². The van der Waals surface area contributed by atoms with Gasteiger partial charge in [0.2, 0.25) is 5.88 Å². The molecule has 1 atom stereocenters. The van der Waals surface area contributed by atoms with E-state index in [9.17, 15) is 4.79 Å². The summed E-state index contributed by atoms with van der Waals surface area (Å²) in [4.78, 5) is 22.5. The highest BCUT2D eigenvalue weighted by Crippen LogP contribution is 2.24. The zero-order valence-electron chi connectivity index (χ0n) is 14.3. The molecule has 0 aliphatic rings. The average molecular weight is 337 g/mol. The van der Waals surface area contributed by atoms with Crippen LogP contribution in [0.5, 0.6) is 5.88 Å². The molecular formula is C18H19N5O2. The molecule has 128 valence electrons. The van der Waals surface area contributed by atoms with E-state index in [1.54, 1.807) is 41.3 Å². The van der Waals surface area contributed by atoms with Gasteiger partial charge in [-0.15, -0.1) is 0 Å². The van der Waals surface area contributed by atoms with Gasteiger partial charge in [-0.1, -0.05) is 12.1 Å². The maximum absolute atomic E-state index is 12.8. The van der Waals surface area contributed by atoms with Gasteiger partial charge in [0.1, 0.15) is 18.2 Å². The van der Waals surface area contributed by atoms with Gasteiger partial charge < -0.3 is 9.64 Å². The summed E-state index contributed by atoms with van der Waals surface area (Å²) in [6.07, 6.45) is 4.73. The zero-order valence-corrected chi connectivity index (χ0v) is 14.3. The summed E-state index contributed by atoms with van der Waals surface area (Å²) in [5.41, 5.74) is 2.37. The Labute approximate surface area is 145 Å². The van der Waals surface area contributed by atoms with Gasteiger partial charge in [-0.3, -0.25) is 4.79 Å². The van der Waals surface area contributed by atoms with E-state index in [-0.39, 0.29) is 11.9 Å². The normalized spacial score (nSPS) is 11.8. The summed E-state index contributed by atoms with van der Waals surface area (Å²) >= 11 is 0. The Morgan fingerprint density at radius 1 is 1.24 bits per heavy atom. The maximum Gasteiger partial charge on any atom is 0.259 e. The number of hydrogen-bond donors (Lipinski definition) is 0. The summed E-state index contributed by atoms with van der Waals surface area (Å²) in [6.45, 7) is 1.98. The number of benzene rings is 1. The van der Waals surface area contributed by atoms with Gasteiger partial charge in [-0.2, -0.15) is 5.10 Å². The number of carbonyl (C=O) groups excluding carboxylic acids is 1. The van der Waals surface area contributed by atoms with Crippen LogP contribution in [0.2, 0.25) is 0 Å². The number of nitrogens with zero attached hydrogens (tertiary/aromatic N) is 5. The molecule has 2 heterocycles. The summed E-state index contributed by atoms with van der Waals surface area (Å²) in [7, 11) is 3.27. The van der Waals surface area contributed by atoms with Gasteiger partial charge in [0.25, 0.3) is 5.91 Å². The second-order valence-corrected chi connectivity index (χ2v) is 5.58. The maximum atomic E-state index is 12.8. The van der Waals surface area contributed by atoms with E-state index >= 15 is 0 Å². The number of carbonyl (C=O) groups is 1. The fourth-order valence-corrected chi connectivity index (χ4v) is 2.55. The Bertz CT molecular complexity index is 846. The van der Waals surface area contributed by atoms with E-state index in [0.29, 0.717) is 11.4 Å². The Balaban J connectivity index is 1.80. The summed E-state index contributed by atoms with van der Waals surface area (Å²) in [6, 6.07) is 11.2. The van der Waals surface area contributed by atoms with Crippen LogP contribution in [-0.2, 0) is 0 Å². The number of ether oxygens (including phenoxy) is 1. The smallest absolute Gasteiger partial charge is 0.259 e. The highest BCUT2D eigenvalue weighted by molar-refractivity contribution is 5.96. The molecule has 0 saturated carbocycles. The number of pyridine rings is 1. The van der Waals surface area contributed by atoms with Gasteiger partial charge in [0.05, 0.1) is 18.8 Å². The molecule has 1 aromatic carbocycles. The minimum absolute atomic E-state index is 0.109. The van der Waals surface area contributed by atoms with Crippen molar-refractivity contribution in [2.75, 3.05) is 14.2 Å². The van der Waals surface area contributed by atoms with Crippen molar-refractivity contribution in [2.45, 2.75) is 13.0 Å². The van der Waals surface area contributed by atoms with Crippen LogP contribution in [0.25, 0.3) is 5.69 Å². The highest BCUT2D eigenvalue weighted by Gasteiger charge is 2.22. The molecule has 0 aliphatic heterocycles. The first-order valence-electron chi connectivity index (χ1n) is 7.83. The molecule has 0 bridgehead atoms. The first-order valence-corrected chi connectivity index (χ1v) is 7.83. The lowest BCUT2D eigenvalue weighted by Crippen LogP contribution is -2.30. The first-order chi connectivity index (χ1) is 12.1. The Hall–Kier alpha value is -3.22. The summed E-state index contributed by atoms with van der Waals surface area (Å²) < 4.78 is 6.87. The molecule has 0 aliphatic carbocycles. The van der Waals surface area contributed by atoms with Crippen LogP contribution in [0, 0.1) is 0 Å². The second kappa shape index (κ2) is 7.12. The van der Waals surface area contributed by atoms with Crippen LogP contribution < -0.4 is 4.74 Å². The molecule has 0 saturated heterocycles. The van der Waals surface area contributed by atoms with Crippen molar-refractivity contribution in [1.29, 1.82) is 0 Å². The highest BCUT2D eigenvalue weighted by atomic mass is 16.5. The Morgan fingerprint density at radius 3 is 2.64 bits per heavy atom. The predicted octanol–water partition coefficient (Wildman–Crippen LogP) is 2.50. The van der Waals surface area contributed by atoms with E-state index in [0.717, 1.165) is 11.3 Å². The van der Waals surface area contributed by atoms with Gasteiger partial charge in [-0.05, 0) is 36.8 Å². The van der Waals surface area contributed by atoms with Crippen molar-refractivity contribution < 1.29 is 9.53 Å². The standard InChI is InChI=1S/C18H19N5O2/c1-13(14-6-8-15(9-7-14)23-12-19-11-21-23)22(2)18(24)16-5-4-10-20-17(16)25-3/h4-13H,1-3H3. The van der Waals surface area contributed by atoms with Crippen LogP contribution in [0.4, 0.5) is 0 Å². The molecule has 3 aromatic rings. The molecule has 3 rings (SSSR count). The van der Waals surface area contributed by atoms with Crippen LogP contribution >= 0.6 is 0 Å². The topological polar surface area (TPSA) is 73.1 Å². The van der Waals surface area contributed by atoms with Crippen molar-refractivity contribution in [3.8, 4) is 11.6 Å². The third-order valence-electron chi connectivity index (χ3n) is 4.15. The molecule has 0 radical (unpaired) electrons. The first kappa shape index (κ1) is 16.6. The van der Waals surface area contributed by atoms with Gasteiger partial charge in [0, 0.05) is 13.2 Å². The van der Waals surface area contributed by atoms with Crippen LogP contribution in [0.15, 0.2) is 55.2 Å². The average Bonchev–Trinajstić information content (AvgIpc) is 3.21. The third-order valence-corrected chi connectivity index (χ3v) is 4.15. The van der Waals surface area contributed by atoms with Gasteiger partial charge in [-0.25, -0.2) is 14.6 Å². The lowest BCUT2D eigenvalue weighted by atomic mass is 10.1. The van der Waals surface area contributed by atoms with Crippen molar-refractivity contribution in [2.24, 2.45) is 0 Å². The van der Waals surface area contributed by atoms with Crippen LogP contribution in [0.3, 0.4) is 0 Å². The number of rotatable bonds is 5. The van der Waals surface area contributed by atoms with E-state index in [2.05, 4.69) is 15.1 Å². The monoisotopic (exact) mass is 337 g/mol. The number of methoxy groups -OCH3 is 1. The van der Waals surface area contributed by atoms with E-state index < -0.39 is 0 Å². The van der Waals surface area contributed by atoms with Crippen LogP contribution in [-0.4, -0.2) is 44.7 Å². The van der Waals surface area contributed by atoms with Gasteiger partial charge >= 0.3 is 0 Å². The Kier molecular flexibility index (Phi) is 4.74. The summed E-state index contributed by atoms with van der Waals surface area (Å²) in [5, 5.41) is 4.10. The van der Waals surface area contributed by atoms with Crippen molar-refractivity contribution >= 4 is 5.91 Å². The van der Waals surface area contributed by atoms with Crippen molar-refractivity contribution in [1.82, 2.24) is 24.6 Å². The lowest BCUT2D eigenvalue weighted by molar-refractivity contribution is 0.0738. The van der Waals surface area contributed by atoms with Crippen molar-refractivity contribution in [3.63, 3.8) is 0 Å². The largest absolute Gasteiger partial charge is 0.480 e. The number of aromatic nitrogens is 4. The molecule has 0 N–H and O–H groups in total. The summed E-state index contributed by atoms with van der Waals surface area (Å²) in [5.74, 6) is 0.186. The quantitative estimate of drug-likeness (QED) is 0.715. The minimum Gasteiger partial charge on any atom is -0.480 e. The predicted molar refractivity (Wildman–Crippen MR) is 92.7 cm³/mol. The molecule has 25 heavy (non-hydrogen) atoms. The number of amides is 1. The van der Waals surface area contributed by atoms with Gasteiger partial charge in [0.15, 0.2) is 0 Å². The second-order valence-electron chi connectivity index (χ2n) is 5.58. The SMILES string of the molecule is COc1ncccc1C(=O)N(C)C(C)c1ccc(-n2cncn2)cc1. The minimum atomic E-state index is -0.141. The molecule has 1 unspecified atom stereocenters. The molecule has 2 aromatic heterocycles. The third kappa shape index (κ3) is 3.35. The molecule has 0 fully saturated rings. The molecule has 7 nitrogen and oxygen atoms in total. The van der Waals surface area contributed by atoms with E-state index in [1.165, 1.54) is 13.4 Å². The fraction of sp³-hybridized carbons (Fsp3) is 0.222. The van der Waals surface area contributed by atoms with E-state index in [1.807, 2.05) is 31.2 Å². The molecular weight excluding hydrogens is 318 g/mol. The van der Waals surface area contributed by atoms with E-state index in [4.69, 9.17) is 4.74 Å². The fourth-order valence-electron chi connectivity index (χ4n) is 2.55.